The van der Waals surface area contributed by atoms with E-state index in [9.17, 15) is 14.7 Å². The number of nitrogens with one attached hydrogen (secondary N) is 1. The summed E-state index contributed by atoms with van der Waals surface area (Å²) >= 11 is 0. The van der Waals surface area contributed by atoms with Crippen LogP contribution in [-0.2, 0) is 12.8 Å². The van der Waals surface area contributed by atoms with E-state index in [1.54, 1.807) is 12.1 Å². The number of carboxylic acid groups (broad SMARTS) is 1. The lowest BCUT2D eigenvalue weighted by atomic mass is 9.93. The molecule has 0 radical (unpaired) electrons. The minimum absolute atomic E-state index is 0.0988. The smallest absolute Gasteiger partial charge is 0.354 e. The van der Waals surface area contributed by atoms with Crippen LogP contribution in [0.5, 0.6) is 0 Å². The van der Waals surface area contributed by atoms with Gasteiger partial charge in [-0.25, -0.2) is 9.48 Å². The zero-order chi connectivity index (χ0) is 32.6. The Balaban J connectivity index is 1.15. The van der Waals surface area contributed by atoms with Gasteiger partial charge in [-0.05, 0) is 103 Å². The Morgan fingerprint density at radius 2 is 1.68 bits per heavy atom. The van der Waals surface area contributed by atoms with E-state index < -0.39 is 5.97 Å². The zero-order valence-corrected chi connectivity index (χ0v) is 27.4. The topological polar surface area (TPSA) is 78.3 Å². The Hall–Kier alpha value is -4.84. The molecule has 1 aromatic heterocycles. The zero-order valence-electron chi connectivity index (χ0n) is 27.4. The van der Waals surface area contributed by atoms with Gasteiger partial charge in [0.25, 0.3) is 5.56 Å². The predicted octanol–water partition coefficient (Wildman–Crippen LogP) is 9.67. The molecule has 47 heavy (non-hydrogen) atoms. The third kappa shape index (κ3) is 7.60. The fourth-order valence-corrected chi connectivity index (χ4v) is 6.79. The molecular formula is C41H45N3O3. The second-order valence-corrected chi connectivity index (χ2v) is 12.7. The lowest BCUT2D eigenvalue weighted by molar-refractivity contribution is 0.0689. The molecule has 2 N–H and O–H groups in total. The monoisotopic (exact) mass is 627 g/mol. The molecular weight excluding hydrogens is 582 g/mol. The summed E-state index contributed by atoms with van der Waals surface area (Å²) in [7, 11) is 0. The Labute approximate surface area is 277 Å². The van der Waals surface area contributed by atoms with Gasteiger partial charge in [0.05, 0.1) is 11.3 Å². The van der Waals surface area contributed by atoms with Crippen molar-refractivity contribution in [2.75, 3.05) is 11.4 Å². The number of aromatic nitrogens is 2. The van der Waals surface area contributed by atoms with Gasteiger partial charge in [-0.3, -0.25) is 9.89 Å². The lowest BCUT2D eigenvalue weighted by Gasteiger charge is -2.31. The number of para-hydroxylation sites is 1. The minimum atomic E-state index is -1.16. The molecule has 4 aromatic rings. The number of aromatic carboxylic acids is 1. The second-order valence-electron chi connectivity index (χ2n) is 12.7. The van der Waals surface area contributed by atoms with E-state index in [0.717, 1.165) is 49.8 Å². The molecule has 0 fully saturated rings. The highest BCUT2D eigenvalue weighted by atomic mass is 16.4. The first-order valence-corrected chi connectivity index (χ1v) is 17.2. The van der Waals surface area contributed by atoms with Crippen molar-refractivity contribution in [1.29, 1.82) is 0 Å². The number of carbonyl (C=O) groups is 1. The number of anilines is 2. The fraction of sp³-hybridized carbons (Fsp3) is 0.317. The fourth-order valence-electron chi connectivity index (χ4n) is 6.79. The van der Waals surface area contributed by atoms with Crippen LogP contribution >= 0.6 is 0 Å². The third-order valence-electron chi connectivity index (χ3n) is 9.32. The van der Waals surface area contributed by atoms with Crippen LogP contribution in [0.15, 0.2) is 101 Å². The number of benzene rings is 3. The highest BCUT2D eigenvalue weighted by molar-refractivity contribution is 5.94. The number of allylic oxidation sites excluding steroid dienone is 5. The quantitative estimate of drug-likeness (QED) is 0.145. The van der Waals surface area contributed by atoms with Crippen molar-refractivity contribution >= 4 is 29.0 Å². The molecule has 0 saturated carbocycles. The summed E-state index contributed by atoms with van der Waals surface area (Å²) in [5, 5.41) is 12.7. The maximum atomic E-state index is 13.4. The first-order chi connectivity index (χ1) is 23.0. The predicted molar refractivity (Wildman–Crippen MR) is 193 cm³/mol. The van der Waals surface area contributed by atoms with E-state index in [-0.39, 0.29) is 16.8 Å². The van der Waals surface area contributed by atoms with Crippen LogP contribution in [0.4, 0.5) is 11.4 Å². The molecule has 1 aliphatic heterocycles. The molecule has 0 spiro atoms. The molecule has 2 aliphatic rings. The molecule has 0 amide bonds. The van der Waals surface area contributed by atoms with Gasteiger partial charge < -0.3 is 10.0 Å². The van der Waals surface area contributed by atoms with E-state index in [4.69, 9.17) is 0 Å². The number of hydrogen-bond donors (Lipinski definition) is 2. The molecule has 6 heteroatoms. The van der Waals surface area contributed by atoms with Crippen molar-refractivity contribution in [3.63, 3.8) is 0 Å². The summed E-state index contributed by atoms with van der Waals surface area (Å²) in [6.07, 6.45) is 21.0. The Bertz CT molecular complexity index is 1840. The van der Waals surface area contributed by atoms with E-state index in [2.05, 4.69) is 71.5 Å². The van der Waals surface area contributed by atoms with Gasteiger partial charge in [0.1, 0.15) is 0 Å². The van der Waals surface area contributed by atoms with Gasteiger partial charge in [-0.1, -0.05) is 99.7 Å². The molecule has 0 bridgehead atoms. The highest BCUT2D eigenvalue weighted by Crippen LogP contribution is 2.35. The minimum Gasteiger partial charge on any atom is -0.477 e. The molecule has 1 aliphatic carbocycles. The first-order valence-electron chi connectivity index (χ1n) is 17.2. The number of hydrogen-bond acceptors (Lipinski definition) is 3. The molecule has 0 unspecified atom stereocenters. The van der Waals surface area contributed by atoms with Crippen LogP contribution < -0.4 is 10.5 Å². The van der Waals surface area contributed by atoms with Crippen LogP contribution in [-0.4, -0.2) is 27.4 Å². The number of aryl methyl sites for hydroxylation is 2. The molecule has 0 atom stereocenters. The summed E-state index contributed by atoms with van der Waals surface area (Å²) in [6, 6.07) is 24.9. The summed E-state index contributed by atoms with van der Waals surface area (Å²) in [6.45, 7) is 3.28. The Morgan fingerprint density at radius 1 is 0.894 bits per heavy atom. The van der Waals surface area contributed by atoms with Gasteiger partial charge in [-0.15, -0.1) is 0 Å². The highest BCUT2D eigenvalue weighted by Gasteiger charge is 2.24. The molecule has 2 heterocycles. The lowest BCUT2D eigenvalue weighted by Crippen LogP contribution is -2.24. The van der Waals surface area contributed by atoms with Crippen molar-refractivity contribution in [1.82, 2.24) is 9.78 Å². The number of unbranched alkanes of at least 4 members (excludes halogenated alkanes) is 5. The van der Waals surface area contributed by atoms with Gasteiger partial charge in [0, 0.05) is 17.9 Å². The summed E-state index contributed by atoms with van der Waals surface area (Å²) in [5.41, 5.74) is 8.47. The average molecular weight is 628 g/mol. The van der Waals surface area contributed by atoms with Crippen molar-refractivity contribution in [2.24, 2.45) is 0 Å². The van der Waals surface area contributed by atoms with Crippen LogP contribution in [0.25, 0.3) is 17.3 Å². The molecule has 6 rings (SSSR count). The standard InChI is InChI=1S/C41H45N3O3/c1-2-3-4-5-6-8-13-30-21-24-35(25-22-30)43-27-12-16-33-28-32(23-26-37(33)43)20-19-31-14-11-15-34(29-31)38-39(41(46)47)42-44(40(38)45)36-17-9-7-10-18-36/h7,9-10,15,17-26,28-29,42H,2-6,8,11-14,16,27H2,1H3,(H,46,47)/b20-19+. The van der Waals surface area contributed by atoms with Crippen LogP contribution in [0, 0.1) is 0 Å². The van der Waals surface area contributed by atoms with Crippen molar-refractivity contribution in [3.8, 4) is 5.69 Å². The number of rotatable bonds is 13. The van der Waals surface area contributed by atoms with Crippen LogP contribution in [0.3, 0.4) is 0 Å². The Kier molecular flexibility index (Phi) is 10.4. The summed E-state index contributed by atoms with van der Waals surface area (Å²) in [5.74, 6) is -1.16. The van der Waals surface area contributed by atoms with Crippen LogP contribution in [0.1, 0.15) is 97.5 Å². The Morgan fingerprint density at radius 3 is 2.47 bits per heavy atom. The van der Waals surface area contributed by atoms with E-state index in [0.29, 0.717) is 11.3 Å². The summed E-state index contributed by atoms with van der Waals surface area (Å²) < 4.78 is 1.30. The molecule has 6 nitrogen and oxygen atoms in total. The second kappa shape index (κ2) is 15.2. The van der Waals surface area contributed by atoms with Gasteiger partial charge >= 0.3 is 5.97 Å². The van der Waals surface area contributed by atoms with Crippen molar-refractivity contribution in [3.05, 3.63) is 135 Å². The molecule has 0 saturated heterocycles. The largest absolute Gasteiger partial charge is 0.477 e. The number of nitrogens with zero attached hydrogens (tertiary/aromatic N) is 2. The van der Waals surface area contributed by atoms with Gasteiger partial charge in [0.15, 0.2) is 5.69 Å². The van der Waals surface area contributed by atoms with Gasteiger partial charge in [0.2, 0.25) is 0 Å². The average Bonchev–Trinajstić information content (AvgIpc) is 3.46. The number of H-pyrrole nitrogens is 1. The van der Waals surface area contributed by atoms with E-state index in [1.165, 1.54) is 65.7 Å². The van der Waals surface area contributed by atoms with Crippen LogP contribution in [0.2, 0.25) is 0 Å². The molecule has 242 valence electrons. The number of fused-ring (bicyclic) bond motifs is 1. The van der Waals surface area contributed by atoms with Crippen molar-refractivity contribution in [2.45, 2.75) is 77.6 Å². The number of aromatic amines is 1. The van der Waals surface area contributed by atoms with E-state index >= 15 is 0 Å². The first kappa shape index (κ1) is 32.1. The van der Waals surface area contributed by atoms with E-state index in [1.807, 2.05) is 30.4 Å². The van der Waals surface area contributed by atoms with Crippen molar-refractivity contribution < 1.29 is 9.90 Å². The summed E-state index contributed by atoms with van der Waals surface area (Å²) in [4.78, 5) is 28.0. The third-order valence-corrected chi connectivity index (χ3v) is 9.32. The number of carboxylic acids is 1. The maximum absolute atomic E-state index is 13.4. The SMILES string of the molecule is CCCCCCCCc1ccc(N2CCCc3cc(/C=C/C4=CC(c5c(C(=O)O)[nH]n(-c6ccccc6)c5=O)=CCC4)ccc32)cc1. The van der Waals surface area contributed by atoms with Gasteiger partial charge in [-0.2, -0.15) is 0 Å². The molecule has 3 aromatic carbocycles. The normalized spacial score (nSPS) is 14.6. The maximum Gasteiger partial charge on any atom is 0.354 e.